The van der Waals surface area contributed by atoms with Crippen LogP contribution >= 0.6 is 11.7 Å². The monoisotopic (exact) mass is 712 g/mol. The summed E-state index contributed by atoms with van der Waals surface area (Å²) in [4.78, 5) is 16.3. The molecule has 2 aromatic carbocycles. The molecule has 50 heavy (non-hydrogen) atoms. The smallest absolute Gasteiger partial charge is 0.489 e. The summed E-state index contributed by atoms with van der Waals surface area (Å²) in [7, 11) is 0. The van der Waals surface area contributed by atoms with Crippen molar-refractivity contribution in [2.75, 3.05) is 81.2 Å². The van der Waals surface area contributed by atoms with Gasteiger partial charge in [0.25, 0.3) is 5.88 Å². The summed E-state index contributed by atoms with van der Waals surface area (Å²) in [6, 6.07) is 11.5. The number of nitrogens with zero attached hydrogens (tertiary/aromatic N) is 7. The van der Waals surface area contributed by atoms with E-state index in [0.29, 0.717) is 30.8 Å². The first-order valence-corrected chi connectivity index (χ1v) is 17.5. The molecule has 0 atom stereocenters. The van der Waals surface area contributed by atoms with Crippen molar-refractivity contribution in [1.29, 1.82) is 0 Å². The Balaban J connectivity index is 0.885. The number of ether oxygens (including phenoxy) is 4. The molecule has 266 valence electrons. The summed E-state index contributed by atoms with van der Waals surface area (Å²) >= 11 is 1.18. The molecule has 16 heteroatoms. The molecule has 12 nitrogen and oxygen atoms in total. The Morgan fingerprint density at radius 2 is 1.68 bits per heavy atom. The van der Waals surface area contributed by atoms with E-state index in [9.17, 15) is 13.2 Å². The lowest BCUT2D eigenvalue weighted by Crippen LogP contribution is -2.50. The van der Waals surface area contributed by atoms with E-state index in [2.05, 4.69) is 33.2 Å². The van der Waals surface area contributed by atoms with Crippen LogP contribution in [0.25, 0.3) is 11.3 Å². The van der Waals surface area contributed by atoms with Crippen molar-refractivity contribution in [3.05, 3.63) is 59.2 Å². The highest BCUT2D eigenvalue weighted by Crippen LogP contribution is 2.39. The molecule has 2 fully saturated rings. The van der Waals surface area contributed by atoms with Crippen LogP contribution in [-0.4, -0.2) is 95.6 Å². The van der Waals surface area contributed by atoms with Gasteiger partial charge >= 0.3 is 6.36 Å². The van der Waals surface area contributed by atoms with Crippen LogP contribution in [0.3, 0.4) is 0 Å². The van der Waals surface area contributed by atoms with E-state index in [0.717, 1.165) is 105 Å². The molecular weight excluding hydrogens is 673 g/mol. The lowest BCUT2D eigenvalue weighted by Gasteiger charge is -2.39. The van der Waals surface area contributed by atoms with Gasteiger partial charge in [-0.15, -0.1) is 17.5 Å². The van der Waals surface area contributed by atoms with Crippen LogP contribution in [0.1, 0.15) is 23.6 Å². The largest absolute Gasteiger partial charge is 0.573 e. The van der Waals surface area contributed by atoms with Crippen LogP contribution in [0.4, 0.5) is 30.8 Å². The molecule has 2 aromatic heterocycles. The molecular formula is C34H39F3N8O4S. The average molecular weight is 713 g/mol. The fourth-order valence-corrected chi connectivity index (χ4v) is 7.11. The number of benzene rings is 2. The van der Waals surface area contributed by atoms with Crippen molar-refractivity contribution < 1.29 is 32.1 Å². The maximum Gasteiger partial charge on any atom is 0.573 e. The Morgan fingerprint density at radius 1 is 0.900 bits per heavy atom. The van der Waals surface area contributed by atoms with Gasteiger partial charge in [-0.3, -0.25) is 4.90 Å². The molecule has 4 aromatic rings. The third-order valence-corrected chi connectivity index (χ3v) is 9.60. The highest BCUT2D eigenvalue weighted by atomic mass is 32.1. The van der Waals surface area contributed by atoms with Gasteiger partial charge in [-0.2, -0.15) is 9.36 Å². The van der Waals surface area contributed by atoms with Crippen molar-refractivity contribution in [3.8, 4) is 28.6 Å². The Hall–Kier alpha value is -4.41. The SMILES string of the molecule is CCOc1nsnc1N1CC(COCCN2CCN(c3nc(N)nc4c3CCc3cc(OCc5ccc(OC(F)(F)F)cc5)ccc3-4)CC2)C1. The molecule has 3 aliphatic rings. The molecule has 0 spiro atoms. The predicted molar refractivity (Wildman–Crippen MR) is 183 cm³/mol. The standard InChI is InChI=1S/C34H39F3N8O4S/c1-2-47-32-31(41-50-42-32)45-18-23(19-45)20-46-16-15-43-11-13-44(14-12-43)30-28-9-5-24-17-26(8-10-27(24)29(28)39-33(38)40-30)48-21-22-3-6-25(7-4-22)49-34(35,36)37/h3-4,6-8,10,17,23H,2,5,9,11-16,18-21H2,1H3,(H2,38,39,40). The summed E-state index contributed by atoms with van der Waals surface area (Å²) in [5.74, 6) is 3.50. The number of alkyl halides is 3. The molecule has 0 radical (unpaired) electrons. The molecule has 0 bridgehead atoms. The van der Waals surface area contributed by atoms with E-state index in [4.69, 9.17) is 24.9 Å². The van der Waals surface area contributed by atoms with E-state index < -0.39 is 6.36 Å². The van der Waals surface area contributed by atoms with Crippen molar-refractivity contribution in [1.82, 2.24) is 23.6 Å². The van der Waals surface area contributed by atoms with Gasteiger partial charge in [0.05, 0.1) is 37.2 Å². The van der Waals surface area contributed by atoms with Gasteiger partial charge in [-0.1, -0.05) is 12.1 Å². The number of fused-ring (bicyclic) bond motifs is 3. The first-order chi connectivity index (χ1) is 24.2. The van der Waals surface area contributed by atoms with E-state index in [1.807, 2.05) is 25.1 Å². The van der Waals surface area contributed by atoms with E-state index in [-0.39, 0.29) is 18.3 Å². The van der Waals surface area contributed by atoms with Crippen LogP contribution in [-0.2, 0) is 24.2 Å². The van der Waals surface area contributed by atoms with Crippen LogP contribution in [0.2, 0.25) is 0 Å². The average Bonchev–Trinajstić information content (AvgIpc) is 3.53. The topological polar surface area (TPSA) is 124 Å². The summed E-state index contributed by atoms with van der Waals surface area (Å²) < 4.78 is 67.5. The van der Waals surface area contributed by atoms with E-state index in [1.54, 1.807) is 12.1 Å². The van der Waals surface area contributed by atoms with Crippen molar-refractivity contribution >= 4 is 29.3 Å². The van der Waals surface area contributed by atoms with Gasteiger partial charge in [0.15, 0.2) is 0 Å². The first kappa shape index (κ1) is 34.1. The number of nitrogen functional groups attached to an aromatic ring is 1. The molecule has 2 N–H and O–H groups in total. The lowest BCUT2D eigenvalue weighted by molar-refractivity contribution is -0.274. The molecule has 4 heterocycles. The Labute approximate surface area is 292 Å². The van der Waals surface area contributed by atoms with Gasteiger partial charge in [-0.25, -0.2) is 4.98 Å². The summed E-state index contributed by atoms with van der Waals surface area (Å²) in [5.41, 5.74) is 11.0. The Kier molecular flexibility index (Phi) is 10.1. The molecule has 7 rings (SSSR count). The number of rotatable bonds is 13. The molecule has 0 unspecified atom stereocenters. The number of anilines is 3. The van der Waals surface area contributed by atoms with Crippen LogP contribution in [0.5, 0.6) is 17.4 Å². The number of hydrogen-bond acceptors (Lipinski definition) is 13. The van der Waals surface area contributed by atoms with E-state index in [1.165, 1.54) is 23.9 Å². The number of piperazine rings is 1. The second-order valence-electron chi connectivity index (χ2n) is 12.5. The first-order valence-electron chi connectivity index (χ1n) is 16.7. The molecule has 1 aliphatic carbocycles. The predicted octanol–water partition coefficient (Wildman–Crippen LogP) is 4.83. The summed E-state index contributed by atoms with van der Waals surface area (Å²) in [5, 5.41) is 0. The zero-order valence-corrected chi connectivity index (χ0v) is 28.5. The summed E-state index contributed by atoms with van der Waals surface area (Å²) in [6.45, 7) is 10.4. The zero-order chi connectivity index (χ0) is 34.7. The van der Waals surface area contributed by atoms with Gasteiger partial charge in [0.2, 0.25) is 11.8 Å². The molecule has 2 saturated heterocycles. The fourth-order valence-electron chi connectivity index (χ4n) is 6.59. The quantitative estimate of drug-likeness (QED) is 0.191. The number of nitrogens with two attached hydrogens (primary N) is 1. The Bertz CT molecular complexity index is 1760. The minimum Gasteiger partial charge on any atom is -0.489 e. The normalized spacial score (nSPS) is 16.5. The van der Waals surface area contributed by atoms with Crippen LogP contribution < -0.4 is 29.7 Å². The van der Waals surface area contributed by atoms with Gasteiger partial charge in [-0.05, 0) is 61.2 Å². The van der Waals surface area contributed by atoms with Gasteiger partial charge in [0.1, 0.15) is 23.9 Å². The second kappa shape index (κ2) is 14.8. The summed E-state index contributed by atoms with van der Waals surface area (Å²) in [6.07, 6.45) is -3.15. The maximum atomic E-state index is 12.5. The van der Waals surface area contributed by atoms with Crippen molar-refractivity contribution in [3.63, 3.8) is 0 Å². The van der Waals surface area contributed by atoms with Gasteiger partial charge < -0.3 is 34.5 Å². The number of aryl methyl sites for hydroxylation is 1. The number of halogens is 3. The molecule has 2 aliphatic heterocycles. The number of hydrogen-bond donors (Lipinski definition) is 1. The second-order valence-corrected chi connectivity index (χ2v) is 13.1. The highest BCUT2D eigenvalue weighted by molar-refractivity contribution is 6.99. The van der Waals surface area contributed by atoms with Crippen molar-refractivity contribution in [2.24, 2.45) is 5.92 Å². The zero-order valence-electron chi connectivity index (χ0n) is 27.7. The lowest BCUT2D eigenvalue weighted by atomic mass is 9.88. The minimum atomic E-state index is -4.72. The highest BCUT2D eigenvalue weighted by Gasteiger charge is 2.32. The molecule has 0 saturated carbocycles. The Morgan fingerprint density at radius 3 is 2.44 bits per heavy atom. The molecule has 0 amide bonds. The van der Waals surface area contributed by atoms with Crippen LogP contribution in [0, 0.1) is 5.92 Å². The number of aromatic nitrogens is 4. The third-order valence-electron chi connectivity index (χ3n) is 9.10. The third kappa shape index (κ3) is 7.97. The minimum absolute atomic E-state index is 0.209. The van der Waals surface area contributed by atoms with E-state index >= 15 is 0 Å². The maximum absolute atomic E-state index is 12.5. The van der Waals surface area contributed by atoms with Crippen molar-refractivity contribution in [2.45, 2.75) is 32.7 Å². The van der Waals surface area contributed by atoms with Crippen LogP contribution in [0.15, 0.2) is 42.5 Å². The van der Waals surface area contributed by atoms with Gasteiger partial charge in [0, 0.05) is 62.9 Å². The fraction of sp³-hybridized carbons (Fsp3) is 0.471.